The van der Waals surface area contributed by atoms with Crippen molar-refractivity contribution >= 4 is 50.2 Å². The molecule has 32 heavy (non-hydrogen) atoms. The van der Waals surface area contributed by atoms with Gasteiger partial charge in [0.05, 0.1) is 10.6 Å². The summed E-state index contributed by atoms with van der Waals surface area (Å²) in [5.41, 5.74) is 3.73. The molecular formula is C24H23N3O3S2. The lowest BCUT2D eigenvalue weighted by Gasteiger charge is -2.30. The first-order chi connectivity index (χ1) is 15.3. The minimum Gasteiger partial charge on any atom is -0.332 e. The zero-order chi connectivity index (χ0) is 22.7. The highest BCUT2D eigenvalue weighted by Crippen LogP contribution is 2.32. The first-order valence-electron chi connectivity index (χ1n) is 10.2. The van der Waals surface area contributed by atoms with Gasteiger partial charge >= 0.3 is 0 Å². The number of rotatable bonds is 5. The molecule has 1 aliphatic heterocycles. The zero-order valence-electron chi connectivity index (χ0n) is 17.5. The molecule has 0 aliphatic carbocycles. The first-order valence-corrected chi connectivity index (χ1v) is 12.1. The highest BCUT2D eigenvalue weighted by molar-refractivity contribution is 7.92. The minimum atomic E-state index is -3.66. The van der Waals surface area contributed by atoms with Crippen molar-refractivity contribution in [3.63, 3.8) is 0 Å². The van der Waals surface area contributed by atoms with Gasteiger partial charge in [0.1, 0.15) is 0 Å². The van der Waals surface area contributed by atoms with Crippen LogP contribution >= 0.6 is 12.2 Å². The lowest BCUT2D eigenvalue weighted by molar-refractivity contribution is 0.101. The lowest BCUT2D eigenvalue weighted by Crippen LogP contribution is -2.35. The number of sulfonamides is 1. The average molecular weight is 466 g/mol. The fraction of sp³-hybridized carbons (Fsp3) is 0.167. The Labute approximate surface area is 193 Å². The molecule has 0 fully saturated rings. The van der Waals surface area contributed by atoms with E-state index in [1.165, 1.54) is 11.2 Å². The molecular weight excluding hydrogens is 442 g/mol. The number of carbonyl (C=O) groups is 1. The van der Waals surface area contributed by atoms with E-state index in [2.05, 4.69) is 10.6 Å². The topological polar surface area (TPSA) is 78.5 Å². The Morgan fingerprint density at radius 3 is 2.41 bits per heavy atom. The highest BCUT2D eigenvalue weighted by Gasteiger charge is 2.28. The van der Waals surface area contributed by atoms with Crippen LogP contribution in [-0.4, -0.2) is 25.9 Å². The third-order valence-electron chi connectivity index (χ3n) is 5.29. The number of hydrogen-bond acceptors (Lipinski definition) is 4. The largest absolute Gasteiger partial charge is 0.332 e. The Hall–Kier alpha value is -3.23. The number of nitrogens with zero attached hydrogens (tertiary/aromatic N) is 1. The SMILES string of the molecule is CC(=O)c1cccc(NC(=S)Nc2ccc(S(=O)(=O)N3CCCc4ccccc43)cc2)c1. The number of thiocarbonyl (C=S) groups is 1. The number of fused-ring (bicyclic) bond motifs is 1. The van der Waals surface area contributed by atoms with Crippen LogP contribution in [0.25, 0.3) is 0 Å². The molecule has 2 N–H and O–H groups in total. The molecule has 0 saturated heterocycles. The van der Waals surface area contributed by atoms with Crippen LogP contribution in [0.1, 0.15) is 29.3 Å². The summed E-state index contributed by atoms with van der Waals surface area (Å²) in [4.78, 5) is 11.8. The number of ketones is 1. The van der Waals surface area contributed by atoms with Gasteiger partial charge in [-0.3, -0.25) is 9.10 Å². The molecule has 0 aromatic heterocycles. The first kappa shape index (κ1) is 22.0. The van der Waals surface area contributed by atoms with Crippen LogP contribution < -0.4 is 14.9 Å². The predicted octanol–water partition coefficient (Wildman–Crippen LogP) is 4.84. The molecule has 0 saturated carbocycles. The molecule has 0 spiro atoms. The van der Waals surface area contributed by atoms with Crippen molar-refractivity contribution in [1.29, 1.82) is 0 Å². The number of nitrogens with one attached hydrogen (secondary N) is 2. The molecule has 0 unspecified atom stereocenters. The summed E-state index contributed by atoms with van der Waals surface area (Å²) in [6.45, 7) is 1.97. The third-order valence-corrected chi connectivity index (χ3v) is 7.33. The van der Waals surface area contributed by atoms with Gasteiger partial charge in [-0.2, -0.15) is 0 Å². The second kappa shape index (κ2) is 9.10. The van der Waals surface area contributed by atoms with Crippen LogP contribution in [0.2, 0.25) is 0 Å². The van der Waals surface area contributed by atoms with Crippen LogP contribution in [0.3, 0.4) is 0 Å². The smallest absolute Gasteiger partial charge is 0.264 e. The monoisotopic (exact) mass is 465 g/mol. The van der Waals surface area contributed by atoms with Crippen molar-refractivity contribution in [3.05, 3.63) is 83.9 Å². The van der Waals surface area contributed by atoms with Crippen LogP contribution in [-0.2, 0) is 16.4 Å². The van der Waals surface area contributed by atoms with E-state index in [0.717, 1.165) is 24.1 Å². The Bertz CT molecular complexity index is 1270. The van der Waals surface area contributed by atoms with Crippen LogP contribution in [0.5, 0.6) is 0 Å². The van der Waals surface area contributed by atoms with Gasteiger partial charge < -0.3 is 10.6 Å². The summed E-state index contributed by atoms with van der Waals surface area (Å²) in [5, 5.41) is 6.41. The Morgan fingerprint density at radius 1 is 0.938 bits per heavy atom. The molecule has 1 heterocycles. The van der Waals surface area contributed by atoms with Gasteiger partial charge in [-0.1, -0.05) is 30.3 Å². The van der Waals surface area contributed by atoms with Gasteiger partial charge in [-0.25, -0.2) is 8.42 Å². The predicted molar refractivity (Wildman–Crippen MR) is 132 cm³/mol. The molecule has 0 radical (unpaired) electrons. The maximum absolute atomic E-state index is 13.3. The van der Waals surface area contributed by atoms with Gasteiger partial charge in [-0.15, -0.1) is 0 Å². The standard InChI is InChI=1S/C24H23N3O3S2/c1-17(28)19-7-4-9-21(16-19)26-24(31)25-20-11-13-22(14-12-20)32(29,30)27-15-5-8-18-6-2-3-10-23(18)27/h2-4,6-7,9-14,16H,5,8,15H2,1H3,(H2,25,26,31). The average Bonchev–Trinajstić information content (AvgIpc) is 2.79. The van der Waals surface area contributed by atoms with E-state index in [0.29, 0.717) is 28.6 Å². The van der Waals surface area contributed by atoms with E-state index in [-0.39, 0.29) is 10.7 Å². The number of aryl methyl sites for hydroxylation is 1. The third kappa shape index (κ3) is 4.66. The molecule has 3 aromatic rings. The molecule has 164 valence electrons. The van der Waals surface area contributed by atoms with E-state index in [1.54, 1.807) is 42.5 Å². The molecule has 3 aromatic carbocycles. The van der Waals surface area contributed by atoms with Gasteiger partial charge in [0, 0.05) is 23.5 Å². The molecule has 4 rings (SSSR count). The van der Waals surface area contributed by atoms with Crippen molar-refractivity contribution in [1.82, 2.24) is 0 Å². The van der Waals surface area contributed by atoms with Crippen molar-refractivity contribution in [2.24, 2.45) is 0 Å². The lowest BCUT2D eigenvalue weighted by atomic mass is 10.0. The normalized spacial score (nSPS) is 13.2. The Kier molecular flexibility index (Phi) is 6.25. The fourth-order valence-corrected chi connectivity index (χ4v) is 5.47. The van der Waals surface area contributed by atoms with Crippen molar-refractivity contribution in [2.75, 3.05) is 21.5 Å². The minimum absolute atomic E-state index is 0.0272. The van der Waals surface area contributed by atoms with Crippen LogP contribution in [0, 0.1) is 0 Å². The van der Waals surface area contributed by atoms with Crippen LogP contribution in [0.15, 0.2) is 77.7 Å². The summed E-state index contributed by atoms with van der Waals surface area (Å²) in [5.74, 6) is -0.0272. The fourth-order valence-electron chi connectivity index (χ4n) is 3.70. The summed E-state index contributed by atoms with van der Waals surface area (Å²) in [7, 11) is -3.66. The quantitative estimate of drug-likeness (QED) is 0.415. The van der Waals surface area contributed by atoms with E-state index >= 15 is 0 Å². The number of benzene rings is 3. The number of Topliss-reactive ketones (excluding diaryl/α,β-unsaturated/α-hetero) is 1. The van der Waals surface area contributed by atoms with E-state index in [9.17, 15) is 13.2 Å². The molecule has 0 amide bonds. The summed E-state index contributed by atoms with van der Waals surface area (Å²) >= 11 is 5.35. The molecule has 0 atom stereocenters. The van der Waals surface area contributed by atoms with Gasteiger partial charge in [0.2, 0.25) is 0 Å². The Balaban J connectivity index is 1.47. The molecule has 0 bridgehead atoms. The molecule has 8 heteroatoms. The van der Waals surface area contributed by atoms with Gasteiger partial charge in [0.15, 0.2) is 10.9 Å². The van der Waals surface area contributed by atoms with E-state index in [1.807, 2.05) is 30.3 Å². The zero-order valence-corrected chi connectivity index (χ0v) is 19.2. The van der Waals surface area contributed by atoms with Crippen molar-refractivity contribution < 1.29 is 13.2 Å². The van der Waals surface area contributed by atoms with Gasteiger partial charge in [-0.05, 0) is 80.0 Å². The summed E-state index contributed by atoms with van der Waals surface area (Å²) < 4.78 is 28.0. The number of hydrogen-bond donors (Lipinski definition) is 2. The second-order valence-corrected chi connectivity index (χ2v) is 9.82. The number of anilines is 3. The number of carbonyl (C=O) groups excluding carboxylic acids is 1. The van der Waals surface area contributed by atoms with Crippen LogP contribution in [0.4, 0.5) is 17.1 Å². The van der Waals surface area contributed by atoms with Gasteiger partial charge in [0.25, 0.3) is 10.0 Å². The second-order valence-electron chi connectivity index (χ2n) is 7.55. The maximum atomic E-state index is 13.3. The number of para-hydroxylation sites is 1. The molecule has 6 nitrogen and oxygen atoms in total. The van der Waals surface area contributed by atoms with E-state index in [4.69, 9.17) is 12.2 Å². The van der Waals surface area contributed by atoms with Crippen molar-refractivity contribution in [3.8, 4) is 0 Å². The Morgan fingerprint density at radius 2 is 1.66 bits per heavy atom. The highest BCUT2D eigenvalue weighted by atomic mass is 32.2. The molecule has 1 aliphatic rings. The summed E-state index contributed by atoms with van der Waals surface area (Å²) in [6, 6.07) is 21.2. The van der Waals surface area contributed by atoms with E-state index < -0.39 is 10.0 Å². The summed E-state index contributed by atoms with van der Waals surface area (Å²) in [6.07, 6.45) is 1.67. The van der Waals surface area contributed by atoms with Crippen molar-refractivity contribution in [2.45, 2.75) is 24.7 Å². The maximum Gasteiger partial charge on any atom is 0.264 e.